The number of halogens is 2. The molecule has 0 spiro atoms. The predicted molar refractivity (Wildman–Crippen MR) is 85.2 cm³/mol. The van der Waals surface area contributed by atoms with Crippen molar-refractivity contribution in [2.45, 2.75) is 26.7 Å². The molecule has 2 rings (SSSR count). The topological polar surface area (TPSA) is 61.6 Å². The fraction of sp³-hybridized carbons (Fsp3) is 0.267. The molecule has 1 aromatic heterocycles. The van der Waals surface area contributed by atoms with Gasteiger partial charge in [-0.15, -0.1) is 5.10 Å². The van der Waals surface area contributed by atoms with Gasteiger partial charge >= 0.3 is 0 Å². The van der Waals surface area contributed by atoms with Crippen LogP contribution in [0.1, 0.15) is 30.7 Å². The normalized spacial score (nSPS) is 10.2. The van der Waals surface area contributed by atoms with Crippen LogP contribution in [0.5, 0.6) is 0 Å². The van der Waals surface area contributed by atoms with Gasteiger partial charge in [-0.05, 0) is 36.6 Å². The van der Waals surface area contributed by atoms with Gasteiger partial charge in [-0.25, -0.2) is 0 Å². The zero-order valence-corrected chi connectivity index (χ0v) is 13.3. The van der Waals surface area contributed by atoms with E-state index in [1.54, 1.807) is 18.2 Å². The van der Waals surface area contributed by atoms with Gasteiger partial charge in [0.15, 0.2) is 5.82 Å². The molecule has 0 amide bonds. The molecule has 0 atom stereocenters. The van der Waals surface area contributed by atoms with Gasteiger partial charge in [-0.1, -0.05) is 37.0 Å². The van der Waals surface area contributed by atoms with Crippen molar-refractivity contribution < 1.29 is 0 Å². The Labute approximate surface area is 133 Å². The number of benzene rings is 1. The summed E-state index contributed by atoms with van der Waals surface area (Å²) < 4.78 is 0. The molecule has 6 heteroatoms. The van der Waals surface area contributed by atoms with Gasteiger partial charge in [0, 0.05) is 5.02 Å². The lowest BCUT2D eigenvalue weighted by molar-refractivity contribution is 0.877. The van der Waals surface area contributed by atoms with Gasteiger partial charge in [0.1, 0.15) is 11.6 Å². The number of nitrogens with one attached hydrogen (secondary N) is 1. The van der Waals surface area contributed by atoms with Crippen LogP contribution < -0.4 is 5.32 Å². The molecule has 21 heavy (non-hydrogen) atoms. The van der Waals surface area contributed by atoms with Gasteiger partial charge < -0.3 is 5.32 Å². The molecule has 0 aliphatic carbocycles. The Balaban J connectivity index is 2.50. The third-order valence-electron chi connectivity index (χ3n) is 3.14. The van der Waals surface area contributed by atoms with Crippen LogP contribution in [0, 0.1) is 11.3 Å². The quantitative estimate of drug-likeness (QED) is 0.899. The molecule has 1 heterocycles. The highest BCUT2D eigenvalue weighted by Crippen LogP contribution is 2.30. The lowest BCUT2D eigenvalue weighted by atomic mass is 10.0. The van der Waals surface area contributed by atoms with E-state index in [0.29, 0.717) is 27.1 Å². The molecular weight excluding hydrogens is 307 g/mol. The Morgan fingerprint density at radius 1 is 1.19 bits per heavy atom. The molecule has 1 N–H and O–H groups in total. The van der Waals surface area contributed by atoms with E-state index in [-0.39, 0.29) is 0 Å². The Hall–Kier alpha value is -1.83. The van der Waals surface area contributed by atoms with Crippen LogP contribution in [0.25, 0.3) is 0 Å². The Kier molecular flexibility index (Phi) is 5.00. The first kappa shape index (κ1) is 15.6. The summed E-state index contributed by atoms with van der Waals surface area (Å²) in [4.78, 5) is 0. The lowest BCUT2D eigenvalue weighted by Crippen LogP contribution is -2.07. The molecule has 1 aromatic carbocycles. The second-order valence-electron chi connectivity index (χ2n) is 4.42. The minimum absolute atomic E-state index is 0.399. The monoisotopic (exact) mass is 320 g/mol. The molecule has 0 aliphatic heterocycles. The first-order valence-corrected chi connectivity index (χ1v) is 7.36. The third-order valence-corrected chi connectivity index (χ3v) is 3.70. The van der Waals surface area contributed by atoms with Crippen molar-refractivity contribution in [3.63, 3.8) is 0 Å². The maximum atomic E-state index is 9.44. The van der Waals surface area contributed by atoms with Crippen molar-refractivity contribution in [3.8, 4) is 6.07 Å². The van der Waals surface area contributed by atoms with Crippen molar-refractivity contribution in [2.24, 2.45) is 0 Å². The average molecular weight is 321 g/mol. The molecule has 4 nitrogen and oxygen atoms in total. The molecule has 0 radical (unpaired) electrons. The van der Waals surface area contributed by atoms with Crippen molar-refractivity contribution in [3.05, 3.63) is 45.1 Å². The SMILES string of the molecule is CCc1nnc(Nc2cc(Cl)ccc2Cl)c(C#N)c1CC. The van der Waals surface area contributed by atoms with E-state index in [0.717, 1.165) is 24.1 Å². The van der Waals surface area contributed by atoms with Crippen LogP contribution in [-0.4, -0.2) is 10.2 Å². The van der Waals surface area contributed by atoms with Gasteiger partial charge in [-0.3, -0.25) is 0 Å². The maximum absolute atomic E-state index is 9.44. The summed E-state index contributed by atoms with van der Waals surface area (Å²) in [7, 11) is 0. The first-order valence-electron chi connectivity index (χ1n) is 6.61. The van der Waals surface area contributed by atoms with Gasteiger partial charge in [0.05, 0.1) is 16.4 Å². The van der Waals surface area contributed by atoms with Crippen LogP contribution >= 0.6 is 23.2 Å². The van der Waals surface area contributed by atoms with Crippen molar-refractivity contribution in [1.82, 2.24) is 10.2 Å². The molecular formula is C15H14Cl2N4. The summed E-state index contributed by atoms with van der Waals surface area (Å²) in [5, 5.41) is 21.8. The number of aryl methyl sites for hydroxylation is 1. The van der Waals surface area contributed by atoms with E-state index in [9.17, 15) is 5.26 Å². The van der Waals surface area contributed by atoms with Crippen LogP contribution in [0.2, 0.25) is 10.0 Å². The van der Waals surface area contributed by atoms with Crippen LogP contribution in [-0.2, 0) is 12.8 Å². The standard InChI is InChI=1S/C15H14Cl2N4/c1-3-10-11(8-18)15(21-20-13(10)4-2)19-14-7-9(16)5-6-12(14)17/h5-7H,3-4H2,1-2H3,(H,19,21). The largest absolute Gasteiger partial charge is 0.336 e. The lowest BCUT2D eigenvalue weighted by Gasteiger charge is -2.13. The molecule has 0 unspecified atom stereocenters. The smallest absolute Gasteiger partial charge is 0.171 e. The van der Waals surface area contributed by atoms with E-state index in [1.807, 2.05) is 13.8 Å². The zero-order chi connectivity index (χ0) is 15.4. The molecule has 108 valence electrons. The van der Waals surface area contributed by atoms with Gasteiger partial charge in [-0.2, -0.15) is 10.4 Å². The van der Waals surface area contributed by atoms with E-state index >= 15 is 0 Å². The van der Waals surface area contributed by atoms with Gasteiger partial charge in [0.25, 0.3) is 0 Å². The van der Waals surface area contributed by atoms with Crippen molar-refractivity contribution >= 4 is 34.7 Å². The number of nitriles is 1. The summed E-state index contributed by atoms with van der Waals surface area (Å²) in [6.45, 7) is 3.98. The van der Waals surface area contributed by atoms with Crippen molar-refractivity contribution in [1.29, 1.82) is 5.26 Å². The van der Waals surface area contributed by atoms with E-state index in [4.69, 9.17) is 23.2 Å². The number of nitrogens with zero attached hydrogens (tertiary/aromatic N) is 3. The fourth-order valence-electron chi connectivity index (χ4n) is 2.10. The van der Waals surface area contributed by atoms with Crippen LogP contribution in [0.15, 0.2) is 18.2 Å². The number of aromatic nitrogens is 2. The van der Waals surface area contributed by atoms with E-state index < -0.39 is 0 Å². The van der Waals surface area contributed by atoms with Gasteiger partial charge in [0.2, 0.25) is 0 Å². The minimum Gasteiger partial charge on any atom is -0.336 e. The van der Waals surface area contributed by atoms with E-state index in [1.165, 1.54) is 0 Å². The molecule has 2 aromatic rings. The Morgan fingerprint density at radius 2 is 1.95 bits per heavy atom. The Morgan fingerprint density at radius 3 is 2.57 bits per heavy atom. The summed E-state index contributed by atoms with van der Waals surface area (Å²) >= 11 is 12.1. The second-order valence-corrected chi connectivity index (χ2v) is 5.26. The number of rotatable bonds is 4. The zero-order valence-electron chi connectivity index (χ0n) is 11.7. The molecule has 0 fully saturated rings. The summed E-state index contributed by atoms with van der Waals surface area (Å²) in [5.41, 5.74) is 2.86. The highest BCUT2D eigenvalue weighted by Gasteiger charge is 2.15. The predicted octanol–water partition coefficient (Wildman–Crippen LogP) is 4.52. The van der Waals surface area contributed by atoms with E-state index in [2.05, 4.69) is 21.6 Å². The molecule has 0 saturated carbocycles. The third kappa shape index (κ3) is 3.26. The highest BCUT2D eigenvalue weighted by molar-refractivity contribution is 6.35. The number of anilines is 2. The van der Waals surface area contributed by atoms with Crippen molar-refractivity contribution in [2.75, 3.05) is 5.32 Å². The number of hydrogen-bond donors (Lipinski definition) is 1. The number of hydrogen-bond acceptors (Lipinski definition) is 4. The summed E-state index contributed by atoms with van der Waals surface area (Å²) in [6, 6.07) is 7.28. The molecule has 0 bridgehead atoms. The fourth-order valence-corrected chi connectivity index (χ4v) is 2.44. The second kappa shape index (κ2) is 6.75. The summed E-state index contributed by atoms with van der Waals surface area (Å²) in [6.07, 6.45) is 1.46. The molecule has 0 saturated heterocycles. The Bertz CT molecular complexity index is 708. The first-order chi connectivity index (χ1) is 10.1. The summed E-state index contributed by atoms with van der Waals surface area (Å²) in [5.74, 6) is 0.399. The highest BCUT2D eigenvalue weighted by atomic mass is 35.5. The van der Waals surface area contributed by atoms with Crippen LogP contribution in [0.3, 0.4) is 0 Å². The minimum atomic E-state index is 0.399. The maximum Gasteiger partial charge on any atom is 0.171 e. The molecule has 0 aliphatic rings. The van der Waals surface area contributed by atoms with Crippen LogP contribution in [0.4, 0.5) is 11.5 Å². The average Bonchev–Trinajstić information content (AvgIpc) is 2.50.